The smallest absolute Gasteiger partial charge is 0.198 e. The Morgan fingerprint density at radius 1 is 1.50 bits per heavy atom. The molecule has 0 bridgehead atoms. The molecule has 1 aliphatic heterocycles. The topological polar surface area (TPSA) is 17.1 Å². The van der Waals surface area contributed by atoms with E-state index in [0.29, 0.717) is 6.42 Å². The Kier molecular flexibility index (Phi) is 4.30. The molecule has 0 aromatic heterocycles. The van der Waals surface area contributed by atoms with E-state index < -0.39 is 0 Å². The summed E-state index contributed by atoms with van der Waals surface area (Å²) < 4.78 is 0. The second-order valence-corrected chi connectivity index (χ2v) is 4.81. The van der Waals surface area contributed by atoms with Gasteiger partial charge < -0.3 is 0 Å². The van der Waals surface area contributed by atoms with Gasteiger partial charge in [0.25, 0.3) is 0 Å². The molecule has 3 heteroatoms. The molecule has 0 saturated carbocycles. The van der Waals surface area contributed by atoms with Crippen LogP contribution >= 0.6 is 23.5 Å². The van der Waals surface area contributed by atoms with Crippen molar-refractivity contribution in [1.29, 1.82) is 0 Å². The van der Waals surface area contributed by atoms with Crippen LogP contribution in [-0.2, 0) is 4.79 Å². The molecule has 0 amide bonds. The standard InChI is InChI=1S/C7H11OS2/c8-3-1-2-7-6-9-4-5-10-7/h7H,1-2,4-6H2. The molecule has 0 aliphatic carbocycles. The Morgan fingerprint density at radius 2 is 2.40 bits per heavy atom. The molecule has 1 unspecified atom stereocenters. The van der Waals surface area contributed by atoms with Crippen molar-refractivity contribution >= 4 is 29.8 Å². The van der Waals surface area contributed by atoms with Crippen molar-refractivity contribution in [3.63, 3.8) is 0 Å². The summed E-state index contributed by atoms with van der Waals surface area (Å²) in [6, 6.07) is 0. The van der Waals surface area contributed by atoms with E-state index in [4.69, 9.17) is 0 Å². The minimum Gasteiger partial charge on any atom is -0.291 e. The fourth-order valence-electron chi connectivity index (χ4n) is 0.923. The zero-order valence-corrected chi connectivity index (χ0v) is 7.47. The predicted octanol–water partition coefficient (Wildman–Crippen LogP) is 1.72. The third kappa shape index (κ3) is 2.97. The summed E-state index contributed by atoms with van der Waals surface area (Å²) >= 11 is 4.01. The zero-order valence-electron chi connectivity index (χ0n) is 5.84. The van der Waals surface area contributed by atoms with Crippen LogP contribution in [0.1, 0.15) is 12.8 Å². The van der Waals surface area contributed by atoms with Gasteiger partial charge in [0.1, 0.15) is 0 Å². The molecule has 1 saturated heterocycles. The maximum atomic E-state index is 9.91. The van der Waals surface area contributed by atoms with Gasteiger partial charge in [-0.15, -0.1) is 0 Å². The van der Waals surface area contributed by atoms with Gasteiger partial charge in [-0.2, -0.15) is 23.5 Å². The van der Waals surface area contributed by atoms with Crippen LogP contribution in [0, 0.1) is 0 Å². The molecule has 1 radical (unpaired) electrons. The van der Waals surface area contributed by atoms with Crippen molar-refractivity contribution in [2.24, 2.45) is 0 Å². The third-order valence-electron chi connectivity index (χ3n) is 1.45. The molecule has 0 spiro atoms. The number of hydrogen-bond donors (Lipinski definition) is 0. The van der Waals surface area contributed by atoms with Crippen molar-refractivity contribution in [3.05, 3.63) is 0 Å². The lowest BCUT2D eigenvalue weighted by Crippen LogP contribution is -2.13. The molecule has 57 valence electrons. The summed E-state index contributed by atoms with van der Waals surface area (Å²) in [5, 5.41) is 0.722. The molecule has 1 fully saturated rings. The number of carbonyl (C=O) groups excluding carboxylic acids is 1. The highest BCUT2D eigenvalue weighted by atomic mass is 32.2. The zero-order chi connectivity index (χ0) is 7.23. The second-order valence-electron chi connectivity index (χ2n) is 2.25. The largest absolute Gasteiger partial charge is 0.291 e. The fourth-order valence-corrected chi connectivity index (χ4v) is 3.67. The van der Waals surface area contributed by atoms with E-state index in [1.807, 2.05) is 29.8 Å². The van der Waals surface area contributed by atoms with E-state index in [-0.39, 0.29) is 0 Å². The Balaban J connectivity index is 2.07. The molecule has 1 heterocycles. The number of thioether (sulfide) groups is 2. The maximum Gasteiger partial charge on any atom is 0.198 e. The van der Waals surface area contributed by atoms with Crippen molar-refractivity contribution in [2.75, 3.05) is 17.3 Å². The van der Waals surface area contributed by atoms with Gasteiger partial charge in [-0.1, -0.05) is 0 Å². The fraction of sp³-hybridized carbons (Fsp3) is 0.857. The van der Waals surface area contributed by atoms with Gasteiger partial charge in [0, 0.05) is 28.9 Å². The maximum absolute atomic E-state index is 9.91. The normalized spacial score (nSPS) is 26.2. The molecule has 0 aromatic carbocycles. The van der Waals surface area contributed by atoms with Crippen LogP contribution in [0.3, 0.4) is 0 Å². The highest BCUT2D eigenvalue weighted by Crippen LogP contribution is 2.26. The Hall–Kier alpha value is 0.370. The van der Waals surface area contributed by atoms with Gasteiger partial charge in [0.05, 0.1) is 0 Å². The van der Waals surface area contributed by atoms with Crippen molar-refractivity contribution in [1.82, 2.24) is 0 Å². The summed E-state index contributed by atoms with van der Waals surface area (Å²) in [5.74, 6) is 3.77. The van der Waals surface area contributed by atoms with Crippen LogP contribution in [0.5, 0.6) is 0 Å². The van der Waals surface area contributed by atoms with Gasteiger partial charge in [-0.05, 0) is 6.42 Å². The molecular formula is C7H11OS2. The average molecular weight is 175 g/mol. The van der Waals surface area contributed by atoms with Crippen molar-refractivity contribution < 1.29 is 4.79 Å². The molecule has 1 rings (SSSR count). The lowest BCUT2D eigenvalue weighted by Gasteiger charge is -2.19. The first-order valence-electron chi connectivity index (χ1n) is 3.48. The Labute approximate surface area is 70.3 Å². The summed E-state index contributed by atoms with van der Waals surface area (Å²) in [4.78, 5) is 9.91. The van der Waals surface area contributed by atoms with E-state index in [1.165, 1.54) is 17.3 Å². The number of hydrogen-bond acceptors (Lipinski definition) is 3. The lowest BCUT2D eigenvalue weighted by atomic mass is 10.3. The summed E-state index contributed by atoms with van der Waals surface area (Å²) in [6.45, 7) is 0. The first kappa shape index (κ1) is 8.47. The van der Waals surface area contributed by atoms with E-state index in [9.17, 15) is 4.79 Å². The van der Waals surface area contributed by atoms with Crippen LogP contribution in [-0.4, -0.2) is 28.8 Å². The second kappa shape index (κ2) is 5.08. The van der Waals surface area contributed by atoms with E-state index in [0.717, 1.165) is 11.7 Å². The Morgan fingerprint density at radius 3 is 3.00 bits per heavy atom. The van der Waals surface area contributed by atoms with Crippen LogP contribution in [0.2, 0.25) is 0 Å². The molecule has 1 atom stereocenters. The highest BCUT2D eigenvalue weighted by molar-refractivity contribution is 8.06. The first-order valence-corrected chi connectivity index (χ1v) is 5.68. The van der Waals surface area contributed by atoms with Crippen LogP contribution in [0.4, 0.5) is 0 Å². The van der Waals surface area contributed by atoms with Gasteiger partial charge in [-0.3, -0.25) is 4.79 Å². The summed E-state index contributed by atoms with van der Waals surface area (Å²) in [6.07, 6.45) is 3.59. The quantitative estimate of drug-likeness (QED) is 0.650. The molecule has 1 nitrogen and oxygen atoms in total. The minimum absolute atomic E-state index is 0.623. The van der Waals surface area contributed by atoms with Gasteiger partial charge in [-0.25, -0.2) is 0 Å². The first-order chi connectivity index (χ1) is 4.93. The predicted molar refractivity (Wildman–Crippen MR) is 48.5 cm³/mol. The van der Waals surface area contributed by atoms with Gasteiger partial charge in [0.15, 0.2) is 6.29 Å². The summed E-state index contributed by atoms with van der Waals surface area (Å²) in [5.41, 5.74) is 0. The van der Waals surface area contributed by atoms with Crippen LogP contribution < -0.4 is 0 Å². The van der Waals surface area contributed by atoms with E-state index >= 15 is 0 Å². The van der Waals surface area contributed by atoms with E-state index in [1.54, 1.807) is 0 Å². The number of rotatable bonds is 3. The SMILES string of the molecule is O=[C]CCC1CSCCS1. The molecule has 10 heavy (non-hydrogen) atoms. The molecular weight excluding hydrogens is 164 g/mol. The third-order valence-corrected chi connectivity index (χ3v) is 4.37. The van der Waals surface area contributed by atoms with E-state index in [2.05, 4.69) is 0 Å². The van der Waals surface area contributed by atoms with Crippen LogP contribution in [0.25, 0.3) is 0 Å². The average Bonchev–Trinajstić information content (AvgIpc) is 2.03. The molecule has 0 N–H and O–H groups in total. The van der Waals surface area contributed by atoms with Crippen LogP contribution in [0.15, 0.2) is 0 Å². The van der Waals surface area contributed by atoms with Gasteiger partial charge >= 0.3 is 0 Å². The van der Waals surface area contributed by atoms with Crippen molar-refractivity contribution in [2.45, 2.75) is 18.1 Å². The van der Waals surface area contributed by atoms with Crippen molar-refractivity contribution in [3.8, 4) is 0 Å². The molecule has 0 aromatic rings. The lowest BCUT2D eigenvalue weighted by molar-refractivity contribution is 0.548. The minimum atomic E-state index is 0.623. The Bertz CT molecular complexity index is 99.8. The monoisotopic (exact) mass is 175 g/mol. The highest BCUT2D eigenvalue weighted by Gasteiger charge is 2.12. The van der Waals surface area contributed by atoms with Gasteiger partial charge in [0.2, 0.25) is 0 Å². The summed E-state index contributed by atoms with van der Waals surface area (Å²) in [7, 11) is 0. The molecule has 1 aliphatic rings.